The lowest BCUT2D eigenvalue weighted by molar-refractivity contribution is 0.589. The third-order valence-corrected chi connectivity index (χ3v) is 3.95. The maximum Gasteiger partial charge on any atom is 0.128 e. The summed E-state index contributed by atoms with van der Waals surface area (Å²) in [4.78, 5) is 1.84. The molecule has 0 N–H and O–H groups in total. The molecule has 0 spiro atoms. The fourth-order valence-corrected chi connectivity index (χ4v) is 2.75. The molecular formula is C20H16F3N. The Kier molecular flexibility index (Phi) is 4.56. The minimum Gasteiger partial charge on any atom is -0.334 e. The number of nitrogens with zero attached hydrogens (tertiary/aromatic N) is 1. The Balaban J connectivity index is 2.09. The fourth-order valence-electron chi connectivity index (χ4n) is 2.75. The van der Waals surface area contributed by atoms with E-state index < -0.39 is 0 Å². The van der Waals surface area contributed by atoms with E-state index in [2.05, 4.69) is 0 Å². The number of rotatable bonds is 4. The van der Waals surface area contributed by atoms with Gasteiger partial charge in [-0.1, -0.05) is 18.2 Å². The zero-order valence-electron chi connectivity index (χ0n) is 13.1. The summed E-state index contributed by atoms with van der Waals surface area (Å²) >= 11 is 0. The summed E-state index contributed by atoms with van der Waals surface area (Å²) < 4.78 is 40.7. The van der Waals surface area contributed by atoms with Crippen molar-refractivity contribution in [1.82, 2.24) is 0 Å². The molecule has 0 amide bonds. The molecule has 0 heterocycles. The van der Waals surface area contributed by atoms with Crippen molar-refractivity contribution in [2.75, 3.05) is 4.90 Å². The Bertz CT molecular complexity index is 768. The summed E-state index contributed by atoms with van der Waals surface area (Å²) in [5.74, 6) is -1.02. The van der Waals surface area contributed by atoms with Gasteiger partial charge in [0, 0.05) is 16.9 Å². The number of hydrogen-bond acceptors (Lipinski definition) is 1. The quantitative estimate of drug-likeness (QED) is 0.568. The molecule has 0 aromatic heterocycles. The van der Waals surface area contributed by atoms with E-state index >= 15 is 0 Å². The van der Waals surface area contributed by atoms with Gasteiger partial charge in [-0.3, -0.25) is 0 Å². The minimum atomic E-state index is -0.359. The van der Waals surface area contributed by atoms with Gasteiger partial charge in [0.25, 0.3) is 0 Å². The zero-order chi connectivity index (χ0) is 17.1. The maximum absolute atomic E-state index is 14.2. The molecule has 0 fully saturated rings. The Labute approximate surface area is 139 Å². The molecule has 3 rings (SSSR count). The number of benzene rings is 3. The predicted octanol–water partition coefficient (Wildman–Crippen LogP) is 6.00. The number of halogens is 3. The van der Waals surface area contributed by atoms with Crippen LogP contribution in [0.2, 0.25) is 0 Å². The lowest BCUT2D eigenvalue weighted by atomic mass is 10.0. The molecule has 3 aromatic rings. The van der Waals surface area contributed by atoms with Crippen molar-refractivity contribution in [3.8, 4) is 0 Å². The highest BCUT2D eigenvalue weighted by Crippen LogP contribution is 2.35. The van der Waals surface area contributed by atoms with Crippen LogP contribution in [0.4, 0.5) is 24.5 Å². The van der Waals surface area contributed by atoms with Crippen LogP contribution >= 0.6 is 0 Å². The summed E-state index contributed by atoms with van der Waals surface area (Å²) in [6, 6.07) is 18.0. The summed E-state index contributed by atoms with van der Waals surface area (Å²) in [7, 11) is 0. The van der Waals surface area contributed by atoms with Crippen LogP contribution < -0.4 is 4.90 Å². The van der Waals surface area contributed by atoms with Gasteiger partial charge < -0.3 is 4.90 Å². The molecule has 1 unspecified atom stereocenters. The Morgan fingerprint density at radius 2 is 1.12 bits per heavy atom. The van der Waals surface area contributed by atoms with Crippen LogP contribution in [0.3, 0.4) is 0 Å². The van der Waals surface area contributed by atoms with Crippen molar-refractivity contribution in [3.05, 3.63) is 95.8 Å². The molecule has 1 atom stereocenters. The van der Waals surface area contributed by atoms with Crippen LogP contribution in [-0.4, -0.2) is 0 Å². The first kappa shape index (κ1) is 16.1. The van der Waals surface area contributed by atoms with E-state index in [1.54, 1.807) is 42.5 Å². The second-order valence-corrected chi connectivity index (χ2v) is 5.52. The van der Waals surface area contributed by atoms with Crippen molar-refractivity contribution in [3.63, 3.8) is 0 Å². The van der Waals surface area contributed by atoms with E-state index in [4.69, 9.17) is 0 Å². The average molecular weight is 327 g/mol. The molecule has 0 aliphatic carbocycles. The summed E-state index contributed by atoms with van der Waals surface area (Å²) in [6.45, 7) is 1.85. The van der Waals surface area contributed by atoms with E-state index in [1.807, 2.05) is 11.8 Å². The lowest BCUT2D eigenvalue weighted by Gasteiger charge is -2.32. The van der Waals surface area contributed by atoms with Crippen LogP contribution in [0.5, 0.6) is 0 Å². The highest BCUT2D eigenvalue weighted by molar-refractivity contribution is 5.65. The van der Waals surface area contributed by atoms with Gasteiger partial charge in [0.15, 0.2) is 0 Å². The van der Waals surface area contributed by atoms with Gasteiger partial charge in [0.1, 0.15) is 17.5 Å². The third kappa shape index (κ3) is 3.27. The van der Waals surface area contributed by atoms with Crippen LogP contribution in [0.25, 0.3) is 0 Å². The number of hydrogen-bond donors (Lipinski definition) is 0. The van der Waals surface area contributed by atoms with Gasteiger partial charge in [0.05, 0.1) is 6.04 Å². The first-order valence-electron chi connectivity index (χ1n) is 7.61. The van der Waals surface area contributed by atoms with Crippen molar-refractivity contribution < 1.29 is 13.2 Å². The molecule has 0 bridgehead atoms. The van der Waals surface area contributed by atoms with Gasteiger partial charge in [-0.15, -0.1) is 0 Å². The normalized spacial score (nSPS) is 12.0. The largest absolute Gasteiger partial charge is 0.334 e. The standard InChI is InChI=1S/C20H16F3N/c1-14(19-4-2-3-5-20(19)23)24(17-10-6-15(21)7-11-17)18-12-8-16(22)9-13-18/h2-14H,1H3. The van der Waals surface area contributed by atoms with Crippen molar-refractivity contribution in [1.29, 1.82) is 0 Å². The van der Waals surface area contributed by atoms with Crippen LogP contribution in [0, 0.1) is 17.5 Å². The average Bonchev–Trinajstić information content (AvgIpc) is 2.59. The molecule has 122 valence electrons. The van der Waals surface area contributed by atoms with Gasteiger partial charge in [-0.25, -0.2) is 13.2 Å². The smallest absolute Gasteiger partial charge is 0.128 e. The molecule has 0 saturated heterocycles. The highest BCUT2D eigenvalue weighted by atomic mass is 19.1. The maximum atomic E-state index is 14.2. The minimum absolute atomic E-state index is 0.320. The molecule has 4 heteroatoms. The number of anilines is 2. The Hall–Kier alpha value is -2.75. The highest BCUT2D eigenvalue weighted by Gasteiger charge is 2.21. The molecular weight excluding hydrogens is 311 g/mol. The summed E-state index contributed by atoms with van der Waals surface area (Å²) in [5, 5.41) is 0. The monoisotopic (exact) mass is 327 g/mol. The molecule has 0 saturated carbocycles. The molecule has 0 aliphatic heterocycles. The SMILES string of the molecule is CC(c1ccccc1F)N(c1ccc(F)cc1)c1ccc(F)cc1. The van der Waals surface area contributed by atoms with Gasteiger partial charge >= 0.3 is 0 Å². The first-order valence-corrected chi connectivity index (χ1v) is 7.61. The zero-order valence-corrected chi connectivity index (χ0v) is 13.1. The van der Waals surface area contributed by atoms with E-state index in [0.717, 1.165) is 0 Å². The van der Waals surface area contributed by atoms with E-state index in [9.17, 15) is 13.2 Å². The van der Waals surface area contributed by atoms with E-state index in [-0.39, 0.29) is 23.5 Å². The molecule has 3 aromatic carbocycles. The molecule has 1 nitrogen and oxygen atoms in total. The second kappa shape index (κ2) is 6.79. The Morgan fingerprint density at radius 1 is 0.667 bits per heavy atom. The van der Waals surface area contributed by atoms with Gasteiger partial charge in [-0.05, 0) is 61.5 Å². The second-order valence-electron chi connectivity index (χ2n) is 5.52. The molecule has 0 radical (unpaired) electrons. The molecule has 0 aliphatic rings. The van der Waals surface area contributed by atoms with E-state index in [1.165, 1.54) is 30.3 Å². The van der Waals surface area contributed by atoms with Crippen molar-refractivity contribution >= 4 is 11.4 Å². The summed E-state index contributed by atoms with van der Waals surface area (Å²) in [6.07, 6.45) is 0. The summed E-state index contributed by atoms with van der Waals surface area (Å²) in [5.41, 5.74) is 1.89. The fraction of sp³-hybridized carbons (Fsp3) is 0.100. The van der Waals surface area contributed by atoms with Gasteiger partial charge in [-0.2, -0.15) is 0 Å². The van der Waals surface area contributed by atoms with Crippen LogP contribution in [0.1, 0.15) is 18.5 Å². The van der Waals surface area contributed by atoms with E-state index in [0.29, 0.717) is 16.9 Å². The van der Waals surface area contributed by atoms with Crippen LogP contribution in [-0.2, 0) is 0 Å². The first-order chi connectivity index (χ1) is 11.6. The Morgan fingerprint density at radius 3 is 1.58 bits per heavy atom. The topological polar surface area (TPSA) is 3.24 Å². The predicted molar refractivity (Wildman–Crippen MR) is 89.8 cm³/mol. The van der Waals surface area contributed by atoms with Crippen molar-refractivity contribution in [2.45, 2.75) is 13.0 Å². The van der Waals surface area contributed by atoms with Crippen LogP contribution in [0.15, 0.2) is 72.8 Å². The third-order valence-electron chi connectivity index (χ3n) is 3.95. The lowest BCUT2D eigenvalue weighted by Crippen LogP contribution is -2.22. The molecule has 24 heavy (non-hydrogen) atoms. The van der Waals surface area contributed by atoms with Gasteiger partial charge in [0.2, 0.25) is 0 Å². The van der Waals surface area contributed by atoms with Crippen molar-refractivity contribution in [2.24, 2.45) is 0 Å².